The van der Waals surface area contributed by atoms with E-state index < -0.39 is 0 Å². The molecule has 0 saturated carbocycles. The number of aromatic nitrogens is 2. The summed E-state index contributed by atoms with van der Waals surface area (Å²) in [6, 6.07) is 0.415. The molecule has 78 valence electrons. The topological polar surface area (TPSA) is 47.3 Å². The molecule has 1 aliphatic rings. The van der Waals surface area contributed by atoms with E-state index >= 15 is 0 Å². The summed E-state index contributed by atoms with van der Waals surface area (Å²) in [6.45, 7) is 1.87. The van der Waals surface area contributed by atoms with E-state index in [9.17, 15) is 0 Å². The summed E-state index contributed by atoms with van der Waals surface area (Å²) in [4.78, 5) is 0. The lowest BCUT2D eigenvalue weighted by Gasteiger charge is -2.06. The number of aryl methyl sites for hydroxylation is 1. The second-order valence-corrected chi connectivity index (χ2v) is 3.67. The van der Waals surface area contributed by atoms with Gasteiger partial charge in [0.1, 0.15) is 0 Å². The number of hydrogen-bond acceptors (Lipinski definition) is 3. The molecule has 2 rings (SSSR count). The molecule has 1 fully saturated rings. The van der Waals surface area contributed by atoms with Crippen LogP contribution in [0.1, 0.15) is 24.4 Å². The van der Waals surface area contributed by atoms with Gasteiger partial charge in [-0.25, -0.2) is 0 Å². The Bertz CT molecular complexity index is 279. The molecule has 2 heterocycles. The number of aliphatic hydroxyl groups is 1. The highest BCUT2D eigenvalue weighted by Crippen LogP contribution is 2.18. The van der Waals surface area contributed by atoms with E-state index in [2.05, 4.69) is 11.3 Å². The second-order valence-electron chi connectivity index (χ2n) is 3.67. The van der Waals surface area contributed by atoms with Crippen molar-refractivity contribution in [2.24, 2.45) is 0 Å². The van der Waals surface area contributed by atoms with E-state index in [1.165, 1.54) is 5.56 Å². The minimum absolute atomic E-state index is 0.248. The Kier molecular flexibility index (Phi) is 3.16. The van der Waals surface area contributed by atoms with Gasteiger partial charge in [0.05, 0.1) is 18.8 Å². The Morgan fingerprint density at radius 2 is 2.57 bits per heavy atom. The fraction of sp³-hybridized carbons (Fsp3) is 0.700. The molecule has 0 radical (unpaired) electrons. The van der Waals surface area contributed by atoms with Crippen molar-refractivity contribution in [3.8, 4) is 0 Å². The van der Waals surface area contributed by atoms with Gasteiger partial charge in [-0.3, -0.25) is 4.68 Å². The number of ether oxygens (including phenoxy) is 1. The molecule has 1 aromatic rings. The van der Waals surface area contributed by atoms with Crippen molar-refractivity contribution in [3.63, 3.8) is 0 Å². The Morgan fingerprint density at radius 3 is 3.29 bits per heavy atom. The van der Waals surface area contributed by atoms with Crippen LogP contribution in [0.3, 0.4) is 0 Å². The Morgan fingerprint density at radius 1 is 1.64 bits per heavy atom. The molecule has 0 aromatic carbocycles. The van der Waals surface area contributed by atoms with E-state index in [4.69, 9.17) is 9.84 Å². The maximum atomic E-state index is 8.70. The standard InChI is InChI=1S/C10H16N2O2/c13-4-1-2-9-6-11-12(7-9)10-3-5-14-8-10/h6-7,10,13H,1-5,8H2/t10-/m1/s1. The van der Waals surface area contributed by atoms with Crippen molar-refractivity contribution in [2.75, 3.05) is 19.8 Å². The van der Waals surface area contributed by atoms with Gasteiger partial charge in [0.15, 0.2) is 0 Å². The summed E-state index contributed by atoms with van der Waals surface area (Å²) in [5.41, 5.74) is 1.20. The van der Waals surface area contributed by atoms with Crippen molar-refractivity contribution >= 4 is 0 Å². The first-order valence-electron chi connectivity index (χ1n) is 5.12. The summed E-state index contributed by atoms with van der Waals surface area (Å²) in [5.74, 6) is 0. The molecular weight excluding hydrogens is 180 g/mol. The SMILES string of the molecule is OCCCc1cnn([C@@H]2CCOC2)c1. The van der Waals surface area contributed by atoms with Gasteiger partial charge in [0, 0.05) is 19.4 Å². The molecule has 0 aliphatic carbocycles. The fourth-order valence-electron chi connectivity index (χ4n) is 1.72. The van der Waals surface area contributed by atoms with Gasteiger partial charge in [0.2, 0.25) is 0 Å². The number of hydrogen-bond donors (Lipinski definition) is 1. The number of nitrogens with zero attached hydrogens (tertiary/aromatic N) is 2. The zero-order valence-electron chi connectivity index (χ0n) is 8.22. The highest BCUT2D eigenvalue weighted by molar-refractivity contribution is 5.04. The van der Waals surface area contributed by atoms with Crippen LogP contribution in [0.15, 0.2) is 12.4 Å². The molecule has 1 saturated heterocycles. The molecule has 1 N–H and O–H groups in total. The minimum atomic E-state index is 0.248. The van der Waals surface area contributed by atoms with Crippen LogP contribution in [0, 0.1) is 0 Å². The first-order valence-corrected chi connectivity index (χ1v) is 5.12. The van der Waals surface area contributed by atoms with Crippen molar-refractivity contribution < 1.29 is 9.84 Å². The zero-order chi connectivity index (χ0) is 9.80. The normalized spacial score (nSPS) is 21.6. The molecule has 14 heavy (non-hydrogen) atoms. The predicted molar refractivity (Wildman–Crippen MR) is 52.1 cm³/mol. The third-order valence-corrected chi connectivity index (χ3v) is 2.56. The molecule has 0 unspecified atom stereocenters. The Hall–Kier alpha value is -0.870. The van der Waals surface area contributed by atoms with E-state index in [-0.39, 0.29) is 6.61 Å². The van der Waals surface area contributed by atoms with Gasteiger partial charge in [-0.05, 0) is 24.8 Å². The summed E-state index contributed by atoms with van der Waals surface area (Å²) < 4.78 is 7.29. The summed E-state index contributed by atoms with van der Waals surface area (Å²) in [5, 5.41) is 13.0. The molecule has 1 aliphatic heterocycles. The number of aliphatic hydroxyl groups excluding tert-OH is 1. The van der Waals surface area contributed by atoms with Crippen molar-refractivity contribution in [3.05, 3.63) is 18.0 Å². The molecule has 0 bridgehead atoms. The van der Waals surface area contributed by atoms with Gasteiger partial charge in [-0.2, -0.15) is 5.10 Å². The smallest absolute Gasteiger partial charge is 0.0774 e. The zero-order valence-corrected chi connectivity index (χ0v) is 8.22. The molecule has 0 spiro atoms. The van der Waals surface area contributed by atoms with Crippen molar-refractivity contribution in [1.29, 1.82) is 0 Å². The fourth-order valence-corrected chi connectivity index (χ4v) is 1.72. The highest BCUT2D eigenvalue weighted by atomic mass is 16.5. The second kappa shape index (κ2) is 4.57. The van der Waals surface area contributed by atoms with E-state index in [1.807, 2.05) is 10.9 Å². The molecule has 4 nitrogen and oxygen atoms in total. The lowest BCUT2D eigenvalue weighted by molar-refractivity contribution is 0.184. The summed E-state index contributed by atoms with van der Waals surface area (Å²) in [7, 11) is 0. The Balaban J connectivity index is 1.94. The van der Waals surface area contributed by atoms with E-state index in [1.54, 1.807) is 0 Å². The highest BCUT2D eigenvalue weighted by Gasteiger charge is 2.17. The van der Waals surface area contributed by atoms with E-state index in [0.717, 1.165) is 32.5 Å². The monoisotopic (exact) mass is 196 g/mol. The third-order valence-electron chi connectivity index (χ3n) is 2.56. The van der Waals surface area contributed by atoms with Crippen LogP contribution >= 0.6 is 0 Å². The largest absolute Gasteiger partial charge is 0.396 e. The van der Waals surface area contributed by atoms with Gasteiger partial charge in [0.25, 0.3) is 0 Å². The summed E-state index contributed by atoms with van der Waals surface area (Å²) in [6.07, 6.45) is 6.72. The van der Waals surface area contributed by atoms with Crippen LogP contribution in [-0.4, -0.2) is 34.7 Å². The minimum Gasteiger partial charge on any atom is -0.396 e. The van der Waals surface area contributed by atoms with Gasteiger partial charge in [-0.1, -0.05) is 0 Å². The maximum Gasteiger partial charge on any atom is 0.0774 e. The molecule has 1 aromatic heterocycles. The lowest BCUT2D eigenvalue weighted by Crippen LogP contribution is -2.08. The van der Waals surface area contributed by atoms with Gasteiger partial charge in [-0.15, -0.1) is 0 Å². The van der Waals surface area contributed by atoms with Crippen LogP contribution < -0.4 is 0 Å². The van der Waals surface area contributed by atoms with Crippen LogP contribution in [0.2, 0.25) is 0 Å². The number of rotatable bonds is 4. The Labute approximate surface area is 83.5 Å². The quantitative estimate of drug-likeness (QED) is 0.773. The van der Waals surface area contributed by atoms with Crippen LogP contribution in [0.4, 0.5) is 0 Å². The van der Waals surface area contributed by atoms with Crippen LogP contribution in [0.5, 0.6) is 0 Å². The van der Waals surface area contributed by atoms with Crippen LogP contribution in [0.25, 0.3) is 0 Å². The maximum absolute atomic E-state index is 8.70. The van der Waals surface area contributed by atoms with Crippen molar-refractivity contribution in [1.82, 2.24) is 9.78 Å². The van der Waals surface area contributed by atoms with Crippen LogP contribution in [-0.2, 0) is 11.2 Å². The van der Waals surface area contributed by atoms with Crippen molar-refractivity contribution in [2.45, 2.75) is 25.3 Å². The summed E-state index contributed by atoms with van der Waals surface area (Å²) >= 11 is 0. The third kappa shape index (κ3) is 2.13. The van der Waals surface area contributed by atoms with Gasteiger partial charge < -0.3 is 9.84 Å². The average Bonchev–Trinajstić information content (AvgIpc) is 2.85. The first-order chi connectivity index (χ1) is 6.90. The molecular formula is C10H16N2O2. The van der Waals surface area contributed by atoms with Gasteiger partial charge >= 0.3 is 0 Å². The predicted octanol–water partition coefficient (Wildman–Crippen LogP) is 0.769. The molecule has 4 heteroatoms. The first kappa shape index (κ1) is 9.68. The molecule has 1 atom stereocenters. The lowest BCUT2D eigenvalue weighted by atomic mass is 10.2. The van der Waals surface area contributed by atoms with E-state index in [0.29, 0.717) is 6.04 Å². The average molecular weight is 196 g/mol. The molecule has 0 amide bonds.